The van der Waals surface area contributed by atoms with Crippen molar-refractivity contribution in [2.45, 2.75) is 39.0 Å². The van der Waals surface area contributed by atoms with Crippen LogP contribution in [-0.2, 0) is 17.6 Å². The Morgan fingerprint density at radius 2 is 1.84 bits per heavy atom. The van der Waals surface area contributed by atoms with Gasteiger partial charge in [-0.15, -0.1) is 0 Å². The lowest BCUT2D eigenvalue weighted by atomic mass is 9.84. The fourth-order valence-corrected chi connectivity index (χ4v) is 3.65. The predicted molar refractivity (Wildman–Crippen MR) is 93.5 cm³/mol. The number of aryl methyl sites for hydroxylation is 1. The van der Waals surface area contributed by atoms with Crippen LogP contribution in [0.1, 0.15) is 36.2 Å². The standard InChI is InChI=1S/C20H22FN3O/c1-13-17-9-11-24(20(25)15-3-2-4-15)12-10-18(17)23-19(22-13)14-5-7-16(21)8-6-14/h5-8,15H,2-4,9-12H2,1H3. The molecule has 1 aromatic carbocycles. The molecule has 0 radical (unpaired) electrons. The number of hydrogen-bond donors (Lipinski definition) is 0. The van der Waals surface area contributed by atoms with Crippen molar-refractivity contribution in [3.63, 3.8) is 0 Å². The van der Waals surface area contributed by atoms with Gasteiger partial charge >= 0.3 is 0 Å². The van der Waals surface area contributed by atoms with Gasteiger partial charge in [0.15, 0.2) is 5.82 Å². The summed E-state index contributed by atoms with van der Waals surface area (Å²) in [6.07, 6.45) is 4.82. The van der Waals surface area contributed by atoms with E-state index in [1.807, 2.05) is 11.8 Å². The molecule has 0 saturated heterocycles. The number of benzene rings is 1. The van der Waals surface area contributed by atoms with Crippen LogP contribution in [0.2, 0.25) is 0 Å². The van der Waals surface area contributed by atoms with Crippen LogP contribution in [0.4, 0.5) is 4.39 Å². The molecule has 1 amide bonds. The van der Waals surface area contributed by atoms with Gasteiger partial charge in [0.05, 0.1) is 0 Å². The highest BCUT2D eigenvalue weighted by Crippen LogP contribution is 2.29. The summed E-state index contributed by atoms with van der Waals surface area (Å²) in [4.78, 5) is 23.9. The zero-order valence-corrected chi connectivity index (χ0v) is 14.5. The minimum absolute atomic E-state index is 0.239. The molecule has 1 saturated carbocycles. The summed E-state index contributed by atoms with van der Waals surface area (Å²) in [6, 6.07) is 6.27. The van der Waals surface area contributed by atoms with E-state index < -0.39 is 0 Å². The molecule has 1 aliphatic heterocycles. The monoisotopic (exact) mass is 339 g/mol. The maximum Gasteiger partial charge on any atom is 0.225 e. The zero-order valence-electron chi connectivity index (χ0n) is 14.5. The highest BCUT2D eigenvalue weighted by Gasteiger charge is 2.30. The second-order valence-corrected chi connectivity index (χ2v) is 7.02. The van der Waals surface area contributed by atoms with Crippen molar-refractivity contribution in [3.05, 3.63) is 47.0 Å². The minimum atomic E-state index is -0.264. The van der Waals surface area contributed by atoms with Crippen molar-refractivity contribution in [1.82, 2.24) is 14.9 Å². The van der Waals surface area contributed by atoms with E-state index in [9.17, 15) is 9.18 Å². The normalized spacial score (nSPS) is 17.6. The molecule has 4 nitrogen and oxygen atoms in total. The molecule has 2 aliphatic rings. The Balaban J connectivity index is 1.59. The second-order valence-electron chi connectivity index (χ2n) is 7.02. The molecule has 5 heteroatoms. The van der Waals surface area contributed by atoms with E-state index in [2.05, 4.69) is 4.98 Å². The minimum Gasteiger partial charge on any atom is -0.342 e. The molecule has 0 spiro atoms. The summed E-state index contributed by atoms with van der Waals surface area (Å²) in [6.45, 7) is 3.47. The van der Waals surface area contributed by atoms with Gasteiger partial charge in [-0.3, -0.25) is 4.79 Å². The fraction of sp³-hybridized carbons (Fsp3) is 0.450. The first-order valence-electron chi connectivity index (χ1n) is 9.03. The van der Waals surface area contributed by atoms with Crippen LogP contribution < -0.4 is 0 Å². The van der Waals surface area contributed by atoms with Crippen molar-refractivity contribution >= 4 is 5.91 Å². The fourth-order valence-electron chi connectivity index (χ4n) is 3.65. The Labute approximate surface area is 147 Å². The maximum atomic E-state index is 13.1. The summed E-state index contributed by atoms with van der Waals surface area (Å²) in [5, 5.41) is 0. The number of rotatable bonds is 2. The zero-order chi connectivity index (χ0) is 17.4. The number of fused-ring (bicyclic) bond motifs is 1. The molecule has 130 valence electrons. The van der Waals surface area contributed by atoms with Crippen LogP contribution >= 0.6 is 0 Å². The summed E-state index contributed by atoms with van der Waals surface area (Å²) < 4.78 is 13.1. The van der Waals surface area contributed by atoms with E-state index in [-0.39, 0.29) is 11.7 Å². The molecule has 2 aromatic rings. The average molecular weight is 339 g/mol. The first-order valence-corrected chi connectivity index (χ1v) is 9.03. The third-order valence-corrected chi connectivity index (χ3v) is 5.42. The first kappa shape index (κ1) is 16.2. The number of nitrogens with zero attached hydrogens (tertiary/aromatic N) is 3. The van der Waals surface area contributed by atoms with Gasteiger partial charge < -0.3 is 4.90 Å². The highest BCUT2D eigenvalue weighted by atomic mass is 19.1. The number of carbonyl (C=O) groups is 1. The van der Waals surface area contributed by atoms with E-state index >= 15 is 0 Å². The lowest BCUT2D eigenvalue weighted by Gasteiger charge is -2.30. The van der Waals surface area contributed by atoms with E-state index in [1.54, 1.807) is 12.1 Å². The third kappa shape index (κ3) is 3.15. The molecule has 0 bridgehead atoms. The van der Waals surface area contributed by atoms with Gasteiger partial charge in [0.1, 0.15) is 5.82 Å². The van der Waals surface area contributed by atoms with Gasteiger partial charge in [0, 0.05) is 42.4 Å². The Bertz CT molecular complexity index is 799. The average Bonchev–Trinajstić information content (AvgIpc) is 2.77. The number of hydrogen-bond acceptors (Lipinski definition) is 3. The molecule has 1 fully saturated rings. The van der Waals surface area contributed by atoms with Crippen LogP contribution in [-0.4, -0.2) is 33.9 Å². The molecular weight excluding hydrogens is 317 g/mol. The Hall–Kier alpha value is -2.30. The van der Waals surface area contributed by atoms with Crippen molar-refractivity contribution in [3.8, 4) is 11.4 Å². The number of amides is 1. The number of halogens is 1. The van der Waals surface area contributed by atoms with Gasteiger partial charge in [0.25, 0.3) is 0 Å². The Morgan fingerprint density at radius 3 is 2.52 bits per heavy atom. The van der Waals surface area contributed by atoms with E-state index in [0.29, 0.717) is 11.7 Å². The summed E-state index contributed by atoms with van der Waals surface area (Å²) in [5.74, 6) is 0.919. The van der Waals surface area contributed by atoms with Crippen molar-refractivity contribution < 1.29 is 9.18 Å². The molecule has 1 aromatic heterocycles. The van der Waals surface area contributed by atoms with Crippen LogP contribution in [0.3, 0.4) is 0 Å². The van der Waals surface area contributed by atoms with E-state index in [0.717, 1.165) is 61.3 Å². The molecule has 4 rings (SSSR count). The predicted octanol–water partition coefficient (Wildman–Crippen LogP) is 3.32. The molecule has 1 aliphatic carbocycles. The highest BCUT2D eigenvalue weighted by molar-refractivity contribution is 5.79. The van der Waals surface area contributed by atoms with Gasteiger partial charge in [-0.2, -0.15) is 0 Å². The van der Waals surface area contributed by atoms with Crippen molar-refractivity contribution in [2.24, 2.45) is 5.92 Å². The van der Waals surface area contributed by atoms with E-state index in [1.165, 1.54) is 18.6 Å². The number of carbonyl (C=O) groups excluding carboxylic acids is 1. The summed E-state index contributed by atoms with van der Waals surface area (Å²) in [7, 11) is 0. The smallest absolute Gasteiger partial charge is 0.225 e. The number of aromatic nitrogens is 2. The summed E-state index contributed by atoms with van der Waals surface area (Å²) >= 11 is 0. The molecular formula is C20H22FN3O. The van der Waals surface area contributed by atoms with Crippen molar-refractivity contribution in [2.75, 3.05) is 13.1 Å². The largest absolute Gasteiger partial charge is 0.342 e. The quantitative estimate of drug-likeness (QED) is 0.843. The second kappa shape index (κ2) is 6.54. The molecule has 0 unspecified atom stereocenters. The molecule has 25 heavy (non-hydrogen) atoms. The Morgan fingerprint density at radius 1 is 1.12 bits per heavy atom. The maximum absolute atomic E-state index is 13.1. The van der Waals surface area contributed by atoms with Crippen LogP contribution in [0, 0.1) is 18.7 Å². The molecule has 2 heterocycles. The van der Waals surface area contributed by atoms with Gasteiger partial charge in [-0.05, 0) is 56.0 Å². The van der Waals surface area contributed by atoms with Crippen LogP contribution in [0.15, 0.2) is 24.3 Å². The van der Waals surface area contributed by atoms with Gasteiger partial charge in [0.2, 0.25) is 5.91 Å². The van der Waals surface area contributed by atoms with Crippen LogP contribution in [0.5, 0.6) is 0 Å². The molecule has 0 atom stereocenters. The van der Waals surface area contributed by atoms with Crippen molar-refractivity contribution in [1.29, 1.82) is 0 Å². The van der Waals surface area contributed by atoms with E-state index in [4.69, 9.17) is 4.98 Å². The Kier molecular flexibility index (Phi) is 4.24. The van der Waals surface area contributed by atoms with Gasteiger partial charge in [-0.25, -0.2) is 14.4 Å². The summed E-state index contributed by atoms with van der Waals surface area (Å²) in [5.41, 5.74) is 3.96. The topological polar surface area (TPSA) is 46.1 Å². The lowest BCUT2D eigenvalue weighted by molar-refractivity contribution is -0.138. The molecule has 0 N–H and O–H groups in total. The SMILES string of the molecule is Cc1nc(-c2ccc(F)cc2)nc2c1CCN(C(=O)C1CCC1)CC2. The van der Waals surface area contributed by atoms with Gasteiger partial charge in [-0.1, -0.05) is 6.42 Å². The third-order valence-electron chi connectivity index (χ3n) is 5.42. The van der Waals surface area contributed by atoms with Crippen LogP contribution in [0.25, 0.3) is 11.4 Å². The first-order chi connectivity index (χ1) is 12.1. The lowest BCUT2D eigenvalue weighted by Crippen LogP contribution is -2.40.